The molecule has 5 radical (unpaired) electrons. The lowest BCUT2D eigenvalue weighted by Crippen LogP contribution is -2.27. The fourth-order valence-electron chi connectivity index (χ4n) is 0.788. The van der Waals surface area contributed by atoms with Gasteiger partial charge in [-0.25, -0.2) is 0 Å². The van der Waals surface area contributed by atoms with Crippen molar-refractivity contribution in [3.63, 3.8) is 0 Å². The van der Waals surface area contributed by atoms with Gasteiger partial charge < -0.3 is 5.32 Å². The lowest BCUT2D eigenvalue weighted by Gasteiger charge is -2.05. The van der Waals surface area contributed by atoms with E-state index in [-0.39, 0.29) is 5.91 Å². The zero-order valence-corrected chi connectivity index (χ0v) is 5.92. The van der Waals surface area contributed by atoms with E-state index in [0.29, 0.717) is 6.54 Å². The normalized spacial score (nSPS) is 19.3. The first-order valence-electron chi connectivity index (χ1n) is 3.34. The van der Waals surface area contributed by atoms with E-state index < -0.39 is 0 Å². The van der Waals surface area contributed by atoms with Crippen LogP contribution in [0.4, 0.5) is 0 Å². The highest BCUT2D eigenvalue weighted by atomic mass is 16.1. The Bertz CT molecular complexity index is 116. The van der Waals surface area contributed by atoms with Crippen molar-refractivity contribution in [2.24, 2.45) is 0 Å². The maximum absolute atomic E-state index is 11.0. The van der Waals surface area contributed by atoms with Crippen molar-refractivity contribution >= 4 is 5.91 Å². The number of hydrogen-bond donors (Lipinski definition) is 1. The first kappa shape index (κ1) is 7.58. The lowest BCUT2D eigenvalue weighted by atomic mass is 10.1. The molecule has 1 aliphatic rings. The Morgan fingerprint density at radius 2 is 2.10 bits per heavy atom. The van der Waals surface area contributed by atoms with Crippen LogP contribution in [0.1, 0.15) is 6.92 Å². The predicted octanol–water partition coefficient (Wildman–Crippen LogP) is 0.528. The van der Waals surface area contributed by atoms with Crippen LogP contribution in [0.3, 0.4) is 0 Å². The Labute approximate surface area is 62.0 Å². The maximum Gasteiger partial charge on any atom is 0.227 e. The molecule has 0 saturated heterocycles. The minimum Gasteiger partial charge on any atom is -0.356 e. The quantitative estimate of drug-likeness (QED) is 0.589. The number of rotatable bonds is 2. The molecule has 2 heteroatoms. The number of amides is 1. The second-order valence-electron chi connectivity index (χ2n) is 2.03. The van der Waals surface area contributed by atoms with Gasteiger partial charge in [0.2, 0.25) is 5.91 Å². The number of nitrogens with one attached hydrogen (secondary N) is 1. The van der Waals surface area contributed by atoms with Gasteiger partial charge in [-0.2, -0.15) is 0 Å². The topological polar surface area (TPSA) is 29.1 Å². The average Bonchev–Trinajstić information content (AvgIpc) is 2.38. The molecule has 10 heavy (non-hydrogen) atoms. The van der Waals surface area contributed by atoms with Crippen LogP contribution < -0.4 is 5.32 Å². The van der Waals surface area contributed by atoms with Gasteiger partial charge in [-0.1, -0.05) is 0 Å². The van der Waals surface area contributed by atoms with Crippen LogP contribution in [0, 0.1) is 31.6 Å². The van der Waals surface area contributed by atoms with Crippen LogP contribution in [0.5, 0.6) is 0 Å². The summed E-state index contributed by atoms with van der Waals surface area (Å²) in [6.45, 7) is 2.59. The number of carbonyl (C=O) groups excluding carboxylic acids is 1. The Balaban J connectivity index is 2.25. The van der Waals surface area contributed by atoms with E-state index in [9.17, 15) is 4.79 Å². The summed E-state index contributed by atoms with van der Waals surface area (Å²) in [5.74, 6) is 0.745. The molecular formula is C8H10NO. The minimum atomic E-state index is 0.00694. The van der Waals surface area contributed by atoms with Gasteiger partial charge in [0.05, 0.1) is 5.92 Å². The monoisotopic (exact) mass is 136 g/mol. The zero-order chi connectivity index (χ0) is 7.40. The van der Waals surface area contributed by atoms with E-state index in [4.69, 9.17) is 0 Å². The second kappa shape index (κ2) is 3.59. The van der Waals surface area contributed by atoms with Gasteiger partial charge >= 0.3 is 0 Å². The summed E-state index contributed by atoms with van der Waals surface area (Å²) < 4.78 is 0. The van der Waals surface area contributed by atoms with Crippen LogP contribution in [-0.4, -0.2) is 12.5 Å². The largest absolute Gasteiger partial charge is 0.356 e. The molecule has 1 fully saturated rings. The molecule has 0 aromatic carbocycles. The third-order valence-electron chi connectivity index (χ3n) is 1.26. The van der Waals surface area contributed by atoms with E-state index in [2.05, 4.69) is 5.32 Å². The average molecular weight is 136 g/mol. The molecule has 0 atom stereocenters. The summed E-state index contributed by atoms with van der Waals surface area (Å²) in [5.41, 5.74) is 0. The molecule has 0 aliphatic heterocycles. The molecule has 1 saturated carbocycles. The molecule has 0 heterocycles. The first-order chi connectivity index (χ1) is 4.84. The molecule has 0 aromatic rings. The molecule has 1 N–H and O–H groups in total. The highest BCUT2D eigenvalue weighted by Crippen LogP contribution is 2.22. The van der Waals surface area contributed by atoms with Crippen molar-refractivity contribution in [2.45, 2.75) is 6.92 Å². The highest BCUT2D eigenvalue weighted by Gasteiger charge is 2.23. The Morgan fingerprint density at radius 1 is 1.50 bits per heavy atom. The molecule has 0 bridgehead atoms. The van der Waals surface area contributed by atoms with Crippen LogP contribution in [0.2, 0.25) is 0 Å². The van der Waals surface area contributed by atoms with Gasteiger partial charge in [0.25, 0.3) is 0 Å². The van der Waals surface area contributed by atoms with Crippen molar-refractivity contribution in [2.75, 3.05) is 6.54 Å². The SMILES string of the molecule is CCNC(=O)[C]1[CH][CH][CH][CH]1. The van der Waals surface area contributed by atoms with Gasteiger partial charge in [-0.15, -0.1) is 0 Å². The molecule has 1 aliphatic carbocycles. The first-order valence-corrected chi connectivity index (χ1v) is 3.34. The maximum atomic E-state index is 11.0. The van der Waals surface area contributed by atoms with Crippen LogP contribution in [0.15, 0.2) is 0 Å². The molecule has 1 amide bonds. The molecule has 0 spiro atoms. The van der Waals surface area contributed by atoms with Crippen molar-refractivity contribution in [1.29, 1.82) is 0 Å². The minimum absolute atomic E-state index is 0.00694. The van der Waals surface area contributed by atoms with Crippen molar-refractivity contribution < 1.29 is 4.79 Å². The fraction of sp³-hybridized carbons (Fsp3) is 0.250. The van der Waals surface area contributed by atoms with Crippen molar-refractivity contribution in [3.8, 4) is 0 Å². The van der Waals surface area contributed by atoms with E-state index >= 15 is 0 Å². The third-order valence-corrected chi connectivity index (χ3v) is 1.26. The zero-order valence-electron chi connectivity index (χ0n) is 5.92. The van der Waals surface area contributed by atoms with E-state index in [0.717, 1.165) is 5.92 Å². The number of hydrogen-bond acceptors (Lipinski definition) is 1. The van der Waals surface area contributed by atoms with Gasteiger partial charge in [0, 0.05) is 6.54 Å². The van der Waals surface area contributed by atoms with Crippen molar-refractivity contribution in [3.05, 3.63) is 31.6 Å². The fourth-order valence-corrected chi connectivity index (χ4v) is 0.788. The molecule has 1 rings (SSSR count). The second-order valence-corrected chi connectivity index (χ2v) is 2.03. The van der Waals surface area contributed by atoms with Crippen LogP contribution >= 0.6 is 0 Å². The summed E-state index contributed by atoms with van der Waals surface area (Å²) in [6, 6.07) is 0. The van der Waals surface area contributed by atoms with Gasteiger partial charge in [-0.3, -0.25) is 4.79 Å². The van der Waals surface area contributed by atoms with E-state index in [1.165, 1.54) is 0 Å². The molecule has 2 nitrogen and oxygen atoms in total. The molecule has 0 unspecified atom stereocenters. The summed E-state index contributed by atoms with van der Waals surface area (Å²) in [5, 5.41) is 2.71. The molecular weight excluding hydrogens is 126 g/mol. The van der Waals surface area contributed by atoms with Crippen LogP contribution in [0.25, 0.3) is 0 Å². The van der Waals surface area contributed by atoms with Gasteiger partial charge in [0.15, 0.2) is 0 Å². The highest BCUT2D eigenvalue weighted by molar-refractivity contribution is 5.95. The van der Waals surface area contributed by atoms with Gasteiger partial charge in [0.1, 0.15) is 0 Å². The predicted molar refractivity (Wildman–Crippen MR) is 39.1 cm³/mol. The van der Waals surface area contributed by atoms with Crippen LogP contribution in [-0.2, 0) is 4.79 Å². The smallest absolute Gasteiger partial charge is 0.227 e. The van der Waals surface area contributed by atoms with E-state index in [1.807, 2.05) is 19.8 Å². The Morgan fingerprint density at radius 3 is 2.60 bits per heavy atom. The summed E-state index contributed by atoms with van der Waals surface area (Å²) in [4.78, 5) is 11.0. The van der Waals surface area contributed by atoms with Gasteiger partial charge in [-0.05, 0) is 32.6 Å². The summed E-state index contributed by atoms with van der Waals surface area (Å²) >= 11 is 0. The molecule has 53 valence electrons. The standard InChI is InChI=1S/C8H10NO/c1-2-9-8(10)7-5-3-4-6-7/h3-6H,2H2,1H3,(H,9,10). The summed E-state index contributed by atoms with van der Waals surface area (Å²) in [7, 11) is 0. The number of carbonyl (C=O) groups is 1. The van der Waals surface area contributed by atoms with E-state index in [1.54, 1.807) is 12.8 Å². The van der Waals surface area contributed by atoms with Crippen molar-refractivity contribution in [1.82, 2.24) is 5.32 Å². The Kier molecular flexibility index (Phi) is 2.72. The lowest BCUT2D eigenvalue weighted by molar-refractivity contribution is -0.118. The Hall–Kier alpha value is -0.530. The molecule has 0 aromatic heterocycles. The summed E-state index contributed by atoms with van der Waals surface area (Å²) in [6.07, 6.45) is 7.30. The third kappa shape index (κ3) is 1.72.